The van der Waals surface area contributed by atoms with E-state index in [1.54, 1.807) is 0 Å². The van der Waals surface area contributed by atoms with Gasteiger partial charge in [-0.25, -0.2) is 0 Å². The molecular weight excluding hydrogens is 264 g/mol. The Hall–Kier alpha value is -1.06. The van der Waals surface area contributed by atoms with Crippen molar-refractivity contribution in [1.29, 1.82) is 0 Å². The van der Waals surface area contributed by atoms with Gasteiger partial charge in [-0.15, -0.1) is 0 Å². The highest BCUT2D eigenvalue weighted by Gasteiger charge is 2.34. The van der Waals surface area contributed by atoms with Gasteiger partial charge in [0.05, 0.1) is 0 Å². The summed E-state index contributed by atoms with van der Waals surface area (Å²) in [4.78, 5) is 28.9. The molecule has 2 aliphatic heterocycles. The van der Waals surface area contributed by atoms with Crippen LogP contribution in [-0.4, -0.2) is 47.8 Å². The third kappa shape index (κ3) is 3.41. The maximum atomic E-state index is 12.6. The summed E-state index contributed by atoms with van der Waals surface area (Å²) in [6.45, 7) is 3.47. The Labute approximate surface area is 127 Å². The first kappa shape index (κ1) is 14.9. The Kier molecular flexibility index (Phi) is 4.81. The smallest absolute Gasteiger partial charge is 0.225 e. The molecule has 4 nitrogen and oxygen atoms in total. The van der Waals surface area contributed by atoms with Crippen LogP contribution in [0.5, 0.6) is 0 Å². The molecule has 0 atom stereocenters. The van der Waals surface area contributed by atoms with Gasteiger partial charge in [0.25, 0.3) is 0 Å². The fourth-order valence-electron chi connectivity index (χ4n) is 3.81. The van der Waals surface area contributed by atoms with E-state index in [9.17, 15) is 9.59 Å². The lowest BCUT2D eigenvalue weighted by Crippen LogP contribution is -2.47. The molecule has 0 N–H and O–H groups in total. The third-order valence-corrected chi connectivity index (χ3v) is 5.53. The lowest BCUT2D eigenvalue weighted by Gasteiger charge is -2.37. The number of likely N-dealkylation sites (tertiary alicyclic amines) is 2. The van der Waals surface area contributed by atoms with E-state index in [0.29, 0.717) is 17.7 Å². The molecule has 3 fully saturated rings. The molecule has 0 radical (unpaired) electrons. The summed E-state index contributed by atoms with van der Waals surface area (Å²) in [5.74, 6) is 1.16. The topological polar surface area (TPSA) is 40.6 Å². The van der Waals surface area contributed by atoms with Crippen LogP contribution in [0.1, 0.15) is 57.8 Å². The summed E-state index contributed by atoms with van der Waals surface area (Å²) >= 11 is 0. The van der Waals surface area contributed by atoms with E-state index < -0.39 is 0 Å². The number of carbonyl (C=O) groups is 2. The molecule has 0 spiro atoms. The van der Waals surface area contributed by atoms with Gasteiger partial charge in [-0.2, -0.15) is 0 Å². The number of piperidine rings is 1. The highest BCUT2D eigenvalue weighted by molar-refractivity contribution is 5.81. The first-order chi connectivity index (χ1) is 10.3. The summed E-state index contributed by atoms with van der Waals surface area (Å²) in [5.41, 5.74) is 0. The minimum Gasteiger partial charge on any atom is -0.342 e. The number of amides is 2. The predicted octanol–water partition coefficient (Wildman–Crippen LogP) is 2.43. The molecule has 0 bridgehead atoms. The van der Waals surface area contributed by atoms with Crippen molar-refractivity contribution in [3.05, 3.63) is 0 Å². The lowest BCUT2D eigenvalue weighted by molar-refractivity contribution is -0.144. The molecular formula is C17H28N2O2. The summed E-state index contributed by atoms with van der Waals surface area (Å²) < 4.78 is 0. The molecule has 4 heteroatoms. The van der Waals surface area contributed by atoms with E-state index in [-0.39, 0.29) is 5.92 Å². The molecule has 2 saturated heterocycles. The molecule has 1 aliphatic carbocycles. The number of nitrogens with zero attached hydrogens (tertiary/aromatic N) is 2. The largest absolute Gasteiger partial charge is 0.342 e. The van der Waals surface area contributed by atoms with Crippen LogP contribution >= 0.6 is 0 Å². The number of hydrogen-bond donors (Lipinski definition) is 0. The van der Waals surface area contributed by atoms with Crippen LogP contribution in [0.15, 0.2) is 0 Å². The van der Waals surface area contributed by atoms with E-state index in [1.165, 1.54) is 19.3 Å². The van der Waals surface area contributed by atoms with Gasteiger partial charge in [-0.05, 0) is 38.5 Å². The SMILES string of the molecule is O=C(C1CCN(C(=O)C2CCC2)CC1)N1CCCCCC1. The highest BCUT2D eigenvalue weighted by atomic mass is 16.2. The summed E-state index contributed by atoms with van der Waals surface area (Å²) in [7, 11) is 0. The van der Waals surface area contributed by atoms with Crippen molar-refractivity contribution in [2.75, 3.05) is 26.2 Å². The van der Waals surface area contributed by atoms with Gasteiger partial charge < -0.3 is 9.80 Å². The fraction of sp³-hybridized carbons (Fsp3) is 0.882. The molecule has 2 heterocycles. The van der Waals surface area contributed by atoms with Gasteiger partial charge in [0.15, 0.2) is 0 Å². The van der Waals surface area contributed by atoms with Crippen LogP contribution in [0, 0.1) is 11.8 Å². The fourth-order valence-corrected chi connectivity index (χ4v) is 3.81. The van der Waals surface area contributed by atoms with Crippen molar-refractivity contribution >= 4 is 11.8 Å². The zero-order valence-electron chi connectivity index (χ0n) is 13.1. The van der Waals surface area contributed by atoms with E-state index in [0.717, 1.165) is 64.7 Å². The van der Waals surface area contributed by atoms with Crippen molar-refractivity contribution in [3.8, 4) is 0 Å². The third-order valence-electron chi connectivity index (χ3n) is 5.53. The normalized spacial score (nSPS) is 25.3. The summed E-state index contributed by atoms with van der Waals surface area (Å²) in [6, 6.07) is 0. The quantitative estimate of drug-likeness (QED) is 0.784. The van der Waals surface area contributed by atoms with Gasteiger partial charge in [0.1, 0.15) is 0 Å². The molecule has 3 aliphatic rings. The van der Waals surface area contributed by atoms with Crippen LogP contribution in [0.25, 0.3) is 0 Å². The first-order valence-electron chi connectivity index (χ1n) is 8.83. The predicted molar refractivity (Wildman–Crippen MR) is 81.7 cm³/mol. The maximum absolute atomic E-state index is 12.6. The monoisotopic (exact) mass is 292 g/mol. The van der Waals surface area contributed by atoms with Crippen LogP contribution in [0.4, 0.5) is 0 Å². The van der Waals surface area contributed by atoms with Crippen LogP contribution in [0.3, 0.4) is 0 Å². The summed E-state index contributed by atoms with van der Waals surface area (Å²) in [6.07, 6.45) is 9.94. The van der Waals surface area contributed by atoms with Gasteiger partial charge in [-0.1, -0.05) is 19.3 Å². The molecule has 0 aromatic carbocycles. The number of hydrogen-bond acceptors (Lipinski definition) is 2. The second kappa shape index (κ2) is 6.80. The Morgan fingerprint density at radius 2 is 1.05 bits per heavy atom. The van der Waals surface area contributed by atoms with Crippen molar-refractivity contribution in [1.82, 2.24) is 9.80 Å². The molecule has 2 amide bonds. The van der Waals surface area contributed by atoms with Crippen LogP contribution in [-0.2, 0) is 9.59 Å². The van der Waals surface area contributed by atoms with Crippen molar-refractivity contribution in [2.24, 2.45) is 11.8 Å². The molecule has 118 valence electrons. The second-order valence-electron chi connectivity index (χ2n) is 6.97. The zero-order chi connectivity index (χ0) is 14.7. The molecule has 0 aromatic heterocycles. The Morgan fingerprint density at radius 3 is 1.52 bits per heavy atom. The van der Waals surface area contributed by atoms with E-state index in [1.807, 2.05) is 4.90 Å². The van der Waals surface area contributed by atoms with Gasteiger partial charge in [-0.3, -0.25) is 9.59 Å². The van der Waals surface area contributed by atoms with Crippen LogP contribution in [0.2, 0.25) is 0 Å². The molecule has 21 heavy (non-hydrogen) atoms. The van der Waals surface area contributed by atoms with E-state index in [2.05, 4.69) is 4.90 Å². The van der Waals surface area contributed by atoms with Gasteiger partial charge in [0.2, 0.25) is 11.8 Å². The minimum absolute atomic E-state index is 0.161. The Balaban J connectivity index is 1.48. The van der Waals surface area contributed by atoms with E-state index >= 15 is 0 Å². The molecule has 0 aromatic rings. The Bertz CT molecular complexity index is 376. The van der Waals surface area contributed by atoms with Gasteiger partial charge in [0, 0.05) is 38.0 Å². The standard InChI is InChI=1S/C17H28N2O2/c20-16(14-6-5-7-14)19-12-8-15(9-13-19)17(21)18-10-3-1-2-4-11-18/h14-15H,1-13H2. The zero-order valence-corrected chi connectivity index (χ0v) is 13.1. The van der Waals surface area contributed by atoms with Crippen molar-refractivity contribution < 1.29 is 9.59 Å². The number of carbonyl (C=O) groups excluding carboxylic acids is 2. The van der Waals surface area contributed by atoms with Crippen LogP contribution < -0.4 is 0 Å². The average Bonchev–Trinajstić information content (AvgIpc) is 2.74. The Morgan fingerprint density at radius 1 is 0.571 bits per heavy atom. The average molecular weight is 292 g/mol. The van der Waals surface area contributed by atoms with Gasteiger partial charge >= 0.3 is 0 Å². The minimum atomic E-state index is 0.161. The summed E-state index contributed by atoms with van der Waals surface area (Å²) in [5, 5.41) is 0. The molecule has 1 saturated carbocycles. The molecule has 0 unspecified atom stereocenters. The van der Waals surface area contributed by atoms with Crippen molar-refractivity contribution in [3.63, 3.8) is 0 Å². The highest BCUT2D eigenvalue weighted by Crippen LogP contribution is 2.30. The maximum Gasteiger partial charge on any atom is 0.225 e. The van der Waals surface area contributed by atoms with E-state index in [4.69, 9.17) is 0 Å². The van der Waals surface area contributed by atoms with Crippen molar-refractivity contribution in [2.45, 2.75) is 57.8 Å². The number of rotatable bonds is 2. The second-order valence-corrected chi connectivity index (χ2v) is 6.97. The lowest BCUT2D eigenvalue weighted by atomic mass is 9.83. The molecule has 3 rings (SSSR count). The first-order valence-corrected chi connectivity index (χ1v) is 8.83.